The molecule has 0 heterocycles. The van der Waals surface area contributed by atoms with E-state index in [1.54, 1.807) is 0 Å². The molecule has 0 saturated carbocycles. The van der Waals surface area contributed by atoms with Gasteiger partial charge in [0.05, 0.1) is 6.42 Å². The normalized spacial score (nSPS) is 10.6. The summed E-state index contributed by atoms with van der Waals surface area (Å²) in [4.78, 5) is 11.0. The van der Waals surface area contributed by atoms with Crippen LogP contribution in [0.25, 0.3) is 22.3 Å². The van der Waals surface area contributed by atoms with Crippen LogP contribution in [0.4, 0.5) is 0 Å². The topological polar surface area (TPSA) is 37.3 Å². The maximum absolute atomic E-state index is 11.0. The number of carboxylic acids is 1. The Kier molecular flexibility index (Phi) is 4.48. The Morgan fingerprint density at radius 1 is 0.792 bits per heavy atom. The van der Waals surface area contributed by atoms with Crippen LogP contribution in [0.1, 0.15) is 16.7 Å². The molecule has 0 atom stereocenters. The molecule has 0 aliphatic rings. The molecule has 0 aromatic heterocycles. The Bertz CT molecular complexity index is 877. The van der Waals surface area contributed by atoms with Gasteiger partial charge in [0.25, 0.3) is 0 Å². The van der Waals surface area contributed by atoms with Crippen LogP contribution in [0.5, 0.6) is 0 Å². The van der Waals surface area contributed by atoms with E-state index in [1.165, 1.54) is 11.1 Å². The van der Waals surface area contributed by atoms with Crippen LogP contribution in [0.15, 0.2) is 66.7 Å². The lowest BCUT2D eigenvalue weighted by Gasteiger charge is -2.10. The van der Waals surface area contributed by atoms with E-state index in [2.05, 4.69) is 55.5 Å². The smallest absolute Gasteiger partial charge is 0.307 e. The number of benzene rings is 3. The Morgan fingerprint density at radius 3 is 2.04 bits per heavy atom. The monoisotopic (exact) mass is 316 g/mol. The highest BCUT2D eigenvalue weighted by Gasteiger charge is 2.07. The molecular weight excluding hydrogens is 296 g/mol. The number of aliphatic carboxylic acids is 1. The molecule has 0 aliphatic heterocycles. The summed E-state index contributed by atoms with van der Waals surface area (Å²) in [5.41, 5.74) is 7.60. The molecule has 0 aliphatic carbocycles. The van der Waals surface area contributed by atoms with Crippen LogP contribution in [-0.4, -0.2) is 11.1 Å². The number of aryl methyl sites for hydroxylation is 2. The molecule has 120 valence electrons. The molecule has 2 nitrogen and oxygen atoms in total. The maximum Gasteiger partial charge on any atom is 0.307 e. The van der Waals surface area contributed by atoms with Crippen molar-refractivity contribution >= 4 is 5.97 Å². The predicted octanol–water partition coefficient (Wildman–Crippen LogP) is 5.26. The van der Waals surface area contributed by atoms with E-state index >= 15 is 0 Å². The molecule has 3 rings (SSSR count). The second kappa shape index (κ2) is 6.71. The van der Waals surface area contributed by atoms with Crippen molar-refractivity contribution < 1.29 is 9.90 Å². The Balaban J connectivity index is 2.00. The lowest BCUT2D eigenvalue weighted by Crippen LogP contribution is -2.02. The first-order chi connectivity index (χ1) is 11.5. The lowest BCUT2D eigenvalue weighted by molar-refractivity contribution is -0.136. The van der Waals surface area contributed by atoms with E-state index in [0.717, 1.165) is 27.8 Å². The minimum atomic E-state index is -0.802. The van der Waals surface area contributed by atoms with Crippen molar-refractivity contribution in [1.82, 2.24) is 0 Å². The molecule has 0 spiro atoms. The first-order valence-electron chi connectivity index (χ1n) is 8.02. The number of hydrogen-bond donors (Lipinski definition) is 1. The zero-order chi connectivity index (χ0) is 17.1. The highest BCUT2D eigenvalue weighted by atomic mass is 16.4. The largest absolute Gasteiger partial charge is 0.481 e. The van der Waals surface area contributed by atoms with Gasteiger partial charge in [0.2, 0.25) is 0 Å². The molecule has 1 N–H and O–H groups in total. The van der Waals surface area contributed by atoms with Crippen molar-refractivity contribution in [2.24, 2.45) is 0 Å². The first-order valence-corrected chi connectivity index (χ1v) is 8.02. The third-order valence-electron chi connectivity index (χ3n) is 4.27. The summed E-state index contributed by atoms with van der Waals surface area (Å²) in [6, 6.07) is 22.9. The van der Waals surface area contributed by atoms with Crippen LogP contribution in [-0.2, 0) is 11.2 Å². The molecule has 0 unspecified atom stereocenters. The van der Waals surface area contributed by atoms with Gasteiger partial charge in [0.15, 0.2) is 0 Å². The fourth-order valence-corrected chi connectivity index (χ4v) is 2.83. The van der Waals surface area contributed by atoms with Crippen molar-refractivity contribution in [3.63, 3.8) is 0 Å². The van der Waals surface area contributed by atoms with E-state index in [1.807, 2.05) is 25.1 Å². The van der Waals surface area contributed by atoms with Crippen molar-refractivity contribution in [2.75, 3.05) is 0 Å². The molecule has 3 aromatic rings. The van der Waals surface area contributed by atoms with Gasteiger partial charge in [-0.1, -0.05) is 66.2 Å². The molecule has 24 heavy (non-hydrogen) atoms. The highest BCUT2D eigenvalue weighted by molar-refractivity contribution is 5.75. The minimum absolute atomic E-state index is 0.0529. The van der Waals surface area contributed by atoms with Crippen molar-refractivity contribution in [2.45, 2.75) is 20.3 Å². The highest BCUT2D eigenvalue weighted by Crippen LogP contribution is 2.28. The van der Waals surface area contributed by atoms with Gasteiger partial charge in [-0.25, -0.2) is 0 Å². The molecule has 3 aromatic carbocycles. The quantitative estimate of drug-likeness (QED) is 0.712. The summed E-state index contributed by atoms with van der Waals surface area (Å²) >= 11 is 0. The van der Waals surface area contributed by atoms with Crippen molar-refractivity contribution in [3.05, 3.63) is 83.4 Å². The van der Waals surface area contributed by atoms with Gasteiger partial charge in [0, 0.05) is 0 Å². The van der Waals surface area contributed by atoms with E-state index in [4.69, 9.17) is 5.11 Å². The van der Waals surface area contributed by atoms with Crippen LogP contribution >= 0.6 is 0 Å². The number of hydrogen-bond acceptors (Lipinski definition) is 1. The van der Waals surface area contributed by atoms with Crippen LogP contribution in [0.2, 0.25) is 0 Å². The van der Waals surface area contributed by atoms with Gasteiger partial charge < -0.3 is 5.11 Å². The fraction of sp³-hybridized carbons (Fsp3) is 0.136. The molecule has 0 radical (unpaired) electrons. The summed E-state index contributed by atoms with van der Waals surface area (Å²) in [6.07, 6.45) is 0.0529. The molecule has 0 saturated heterocycles. The van der Waals surface area contributed by atoms with E-state index in [-0.39, 0.29) is 6.42 Å². The SMILES string of the molecule is Cc1ccc(-c2cccc(-c3ccc(C)c(CC(=O)O)c3)c2)cc1. The molecule has 0 amide bonds. The second-order valence-corrected chi connectivity index (χ2v) is 6.16. The maximum atomic E-state index is 11.0. The van der Waals surface area contributed by atoms with Gasteiger partial charge in [-0.3, -0.25) is 4.79 Å². The molecule has 0 fully saturated rings. The summed E-state index contributed by atoms with van der Waals surface area (Å²) in [5, 5.41) is 9.07. The molecule has 2 heteroatoms. The molecular formula is C22H20O2. The Hall–Kier alpha value is -2.87. The third-order valence-corrected chi connectivity index (χ3v) is 4.27. The first kappa shape index (κ1) is 16.0. The van der Waals surface area contributed by atoms with Gasteiger partial charge in [-0.15, -0.1) is 0 Å². The predicted molar refractivity (Wildman–Crippen MR) is 98.1 cm³/mol. The molecule has 0 bridgehead atoms. The Morgan fingerprint density at radius 2 is 1.38 bits per heavy atom. The lowest BCUT2D eigenvalue weighted by atomic mass is 9.95. The summed E-state index contributed by atoms with van der Waals surface area (Å²) in [5.74, 6) is -0.802. The van der Waals surface area contributed by atoms with Gasteiger partial charge in [-0.2, -0.15) is 0 Å². The zero-order valence-electron chi connectivity index (χ0n) is 13.9. The number of carbonyl (C=O) groups is 1. The van der Waals surface area contributed by atoms with Crippen LogP contribution in [0.3, 0.4) is 0 Å². The average molecular weight is 316 g/mol. The fourth-order valence-electron chi connectivity index (χ4n) is 2.83. The summed E-state index contributed by atoms with van der Waals surface area (Å²) < 4.78 is 0. The average Bonchev–Trinajstić information content (AvgIpc) is 2.57. The number of rotatable bonds is 4. The number of carboxylic acid groups (broad SMARTS) is 1. The summed E-state index contributed by atoms with van der Waals surface area (Å²) in [7, 11) is 0. The second-order valence-electron chi connectivity index (χ2n) is 6.16. The van der Waals surface area contributed by atoms with E-state index in [9.17, 15) is 4.79 Å². The summed E-state index contributed by atoms with van der Waals surface area (Å²) in [6.45, 7) is 4.03. The standard InChI is InChI=1S/C22H20O2/c1-15-6-9-17(10-7-15)18-4-3-5-19(12-18)20-11-8-16(2)21(13-20)14-22(23)24/h3-13H,14H2,1-2H3,(H,23,24). The van der Waals surface area contributed by atoms with Gasteiger partial charge in [0.1, 0.15) is 0 Å². The Labute approximate surface area is 142 Å². The van der Waals surface area contributed by atoms with Crippen molar-refractivity contribution in [3.8, 4) is 22.3 Å². The van der Waals surface area contributed by atoms with Gasteiger partial charge in [-0.05, 0) is 53.3 Å². The van der Waals surface area contributed by atoms with Crippen LogP contribution in [0, 0.1) is 13.8 Å². The zero-order valence-corrected chi connectivity index (χ0v) is 13.9. The van der Waals surface area contributed by atoms with Crippen LogP contribution < -0.4 is 0 Å². The third kappa shape index (κ3) is 3.54. The van der Waals surface area contributed by atoms with Crippen molar-refractivity contribution in [1.29, 1.82) is 0 Å². The van der Waals surface area contributed by atoms with Gasteiger partial charge >= 0.3 is 5.97 Å². The van der Waals surface area contributed by atoms with E-state index in [0.29, 0.717) is 0 Å². The van der Waals surface area contributed by atoms with E-state index < -0.39 is 5.97 Å². The minimum Gasteiger partial charge on any atom is -0.481 e.